The Morgan fingerprint density at radius 3 is 2.75 bits per heavy atom. The number of anilines is 1. The van der Waals surface area contributed by atoms with Crippen molar-refractivity contribution in [1.82, 2.24) is 0 Å². The molecule has 5 nitrogen and oxygen atoms in total. The molecule has 5 heteroatoms. The molecule has 0 aromatic heterocycles. The number of esters is 1. The van der Waals surface area contributed by atoms with E-state index in [0.717, 1.165) is 12.0 Å². The predicted octanol–water partition coefficient (Wildman–Crippen LogP) is 2.29. The van der Waals surface area contributed by atoms with Crippen molar-refractivity contribution in [1.29, 1.82) is 0 Å². The normalized spacial score (nSPS) is 21.6. The summed E-state index contributed by atoms with van der Waals surface area (Å²) in [4.78, 5) is 24.1. The Morgan fingerprint density at radius 2 is 2.15 bits per heavy atom. The van der Waals surface area contributed by atoms with E-state index >= 15 is 0 Å². The number of rotatable bonds is 3. The first kappa shape index (κ1) is 14.5. The molecule has 1 saturated heterocycles. The van der Waals surface area contributed by atoms with Crippen LogP contribution in [0.2, 0.25) is 0 Å². The fraction of sp³-hybridized carbons (Fsp3) is 0.467. The topological polar surface area (TPSA) is 64.6 Å². The summed E-state index contributed by atoms with van der Waals surface area (Å²) in [5, 5.41) is 2.77. The number of nitrogens with one attached hydrogen (secondary N) is 1. The lowest BCUT2D eigenvalue weighted by molar-refractivity contribution is -0.133. The number of methoxy groups -OCH3 is 1. The van der Waals surface area contributed by atoms with Crippen LogP contribution in [0.25, 0.3) is 0 Å². The summed E-state index contributed by atoms with van der Waals surface area (Å²) in [6.45, 7) is 4.22. The van der Waals surface area contributed by atoms with Gasteiger partial charge in [0.25, 0.3) is 5.91 Å². The van der Waals surface area contributed by atoms with Crippen LogP contribution in [0.5, 0.6) is 0 Å². The second-order valence-corrected chi connectivity index (χ2v) is 5.18. The molecule has 1 N–H and O–H groups in total. The Hall–Kier alpha value is -1.88. The van der Waals surface area contributed by atoms with E-state index in [1.807, 2.05) is 13.0 Å². The molecule has 2 rings (SSSR count). The lowest BCUT2D eigenvalue weighted by atomic mass is 10.0. The summed E-state index contributed by atoms with van der Waals surface area (Å²) in [6, 6.07) is 5.23. The summed E-state index contributed by atoms with van der Waals surface area (Å²) in [7, 11) is 1.32. The van der Waals surface area contributed by atoms with E-state index in [-0.39, 0.29) is 5.91 Å². The van der Waals surface area contributed by atoms with Crippen LogP contribution >= 0.6 is 0 Å². The molecule has 20 heavy (non-hydrogen) atoms. The lowest BCUT2D eigenvalue weighted by Crippen LogP contribution is -2.39. The molecular weight excluding hydrogens is 258 g/mol. The van der Waals surface area contributed by atoms with Crippen LogP contribution in [0.15, 0.2) is 18.2 Å². The van der Waals surface area contributed by atoms with E-state index in [1.54, 1.807) is 19.1 Å². The zero-order chi connectivity index (χ0) is 14.8. The molecule has 0 spiro atoms. The van der Waals surface area contributed by atoms with Crippen LogP contribution in [-0.4, -0.2) is 31.2 Å². The highest BCUT2D eigenvalue weighted by molar-refractivity contribution is 6.03. The molecule has 0 saturated carbocycles. The van der Waals surface area contributed by atoms with Gasteiger partial charge in [-0.25, -0.2) is 4.79 Å². The number of benzene rings is 1. The van der Waals surface area contributed by atoms with Crippen LogP contribution < -0.4 is 5.32 Å². The second-order valence-electron chi connectivity index (χ2n) is 5.18. The number of carbonyl (C=O) groups excluding carboxylic acids is 2. The maximum absolute atomic E-state index is 12.3. The summed E-state index contributed by atoms with van der Waals surface area (Å²) in [5.41, 5.74) is 0.900. The Labute approximate surface area is 118 Å². The quantitative estimate of drug-likeness (QED) is 0.861. The van der Waals surface area contributed by atoms with Crippen molar-refractivity contribution in [2.45, 2.75) is 32.3 Å². The number of carbonyl (C=O) groups is 2. The number of ether oxygens (including phenoxy) is 2. The standard InChI is InChI=1S/C15H19NO4/c1-10-5-6-12(11(9-10)13(17)19-3)16-14(18)15(2)7-4-8-20-15/h5-6,9H,4,7-8H2,1-3H3,(H,16,18). The number of hydrogen-bond acceptors (Lipinski definition) is 4. The smallest absolute Gasteiger partial charge is 0.339 e. The van der Waals surface area contributed by atoms with Crippen LogP contribution in [0.4, 0.5) is 5.69 Å². The SMILES string of the molecule is COC(=O)c1cc(C)ccc1NC(=O)C1(C)CCCO1. The highest BCUT2D eigenvalue weighted by atomic mass is 16.5. The van der Waals surface area contributed by atoms with E-state index in [2.05, 4.69) is 5.32 Å². The molecule has 0 radical (unpaired) electrons. The van der Waals surface area contributed by atoms with Crippen molar-refractivity contribution < 1.29 is 19.1 Å². The molecule has 108 valence electrons. The molecule has 1 aromatic rings. The zero-order valence-corrected chi connectivity index (χ0v) is 12.0. The van der Waals surface area contributed by atoms with Crippen LogP contribution in [0.1, 0.15) is 35.7 Å². The average Bonchev–Trinajstić information content (AvgIpc) is 2.88. The molecule has 0 bridgehead atoms. The van der Waals surface area contributed by atoms with Crippen molar-refractivity contribution in [3.8, 4) is 0 Å². The first-order chi connectivity index (χ1) is 9.46. The molecule has 1 amide bonds. The summed E-state index contributed by atoms with van der Waals surface area (Å²) < 4.78 is 10.2. The fourth-order valence-electron chi connectivity index (χ4n) is 2.26. The van der Waals surface area contributed by atoms with Gasteiger partial charge in [-0.15, -0.1) is 0 Å². The fourth-order valence-corrected chi connectivity index (χ4v) is 2.26. The Kier molecular flexibility index (Phi) is 4.09. The van der Waals surface area contributed by atoms with Gasteiger partial charge >= 0.3 is 5.97 Å². The third-order valence-corrected chi connectivity index (χ3v) is 3.53. The first-order valence-electron chi connectivity index (χ1n) is 6.61. The minimum atomic E-state index is -0.821. The average molecular weight is 277 g/mol. The van der Waals surface area contributed by atoms with Crippen molar-refractivity contribution in [3.63, 3.8) is 0 Å². The van der Waals surface area contributed by atoms with E-state index in [1.165, 1.54) is 7.11 Å². The van der Waals surface area contributed by atoms with Gasteiger partial charge < -0.3 is 14.8 Å². The maximum atomic E-state index is 12.3. The van der Waals surface area contributed by atoms with Gasteiger partial charge in [0.1, 0.15) is 5.60 Å². The highest BCUT2D eigenvalue weighted by Gasteiger charge is 2.38. The summed E-state index contributed by atoms with van der Waals surface area (Å²) >= 11 is 0. The largest absolute Gasteiger partial charge is 0.465 e. The van der Waals surface area contributed by atoms with Gasteiger partial charge in [0.15, 0.2) is 0 Å². The van der Waals surface area contributed by atoms with Crippen molar-refractivity contribution in [3.05, 3.63) is 29.3 Å². The third-order valence-electron chi connectivity index (χ3n) is 3.53. The molecule has 1 unspecified atom stereocenters. The molecule has 1 aliphatic heterocycles. The molecule has 1 fully saturated rings. The minimum Gasteiger partial charge on any atom is -0.465 e. The molecule has 1 aliphatic rings. The van der Waals surface area contributed by atoms with Gasteiger partial charge in [-0.3, -0.25) is 4.79 Å². The van der Waals surface area contributed by atoms with Gasteiger partial charge in [-0.2, -0.15) is 0 Å². The molecule has 1 heterocycles. The van der Waals surface area contributed by atoms with E-state index in [0.29, 0.717) is 24.3 Å². The number of aryl methyl sites for hydroxylation is 1. The van der Waals surface area contributed by atoms with E-state index in [4.69, 9.17) is 9.47 Å². The molecular formula is C15H19NO4. The van der Waals surface area contributed by atoms with Crippen LogP contribution in [0, 0.1) is 6.92 Å². The highest BCUT2D eigenvalue weighted by Crippen LogP contribution is 2.27. The van der Waals surface area contributed by atoms with Gasteiger partial charge in [-0.1, -0.05) is 11.6 Å². The molecule has 0 aliphatic carbocycles. The third kappa shape index (κ3) is 2.82. The Bertz CT molecular complexity index is 533. The predicted molar refractivity (Wildman–Crippen MR) is 74.7 cm³/mol. The number of amides is 1. The Balaban J connectivity index is 2.25. The van der Waals surface area contributed by atoms with Crippen molar-refractivity contribution in [2.75, 3.05) is 19.0 Å². The van der Waals surface area contributed by atoms with Crippen LogP contribution in [-0.2, 0) is 14.3 Å². The summed E-state index contributed by atoms with van der Waals surface area (Å²) in [5.74, 6) is -0.703. The number of hydrogen-bond donors (Lipinski definition) is 1. The van der Waals surface area contributed by atoms with Gasteiger partial charge in [0.05, 0.1) is 18.4 Å². The summed E-state index contributed by atoms with van der Waals surface area (Å²) in [6.07, 6.45) is 1.54. The van der Waals surface area contributed by atoms with Gasteiger partial charge in [0.2, 0.25) is 0 Å². The van der Waals surface area contributed by atoms with Gasteiger partial charge in [0, 0.05) is 6.61 Å². The molecule has 1 aromatic carbocycles. The zero-order valence-electron chi connectivity index (χ0n) is 12.0. The van der Waals surface area contributed by atoms with Crippen molar-refractivity contribution in [2.24, 2.45) is 0 Å². The van der Waals surface area contributed by atoms with Gasteiger partial charge in [-0.05, 0) is 38.8 Å². The molecule has 1 atom stereocenters. The van der Waals surface area contributed by atoms with E-state index < -0.39 is 11.6 Å². The van der Waals surface area contributed by atoms with Crippen molar-refractivity contribution >= 4 is 17.6 Å². The second kappa shape index (κ2) is 5.63. The minimum absolute atomic E-state index is 0.232. The van der Waals surface area contributed by atoms with E-state index in [9.17, 15) is 9.59 Å². The lowest BCUT2D eigenvalue weighted by Gasteiger charge is -2.22. The monoisotopic (exact) mass is 277 g/mol. The van der Waals surface area contributed by atoms with Crippen LogP contribution in [0.3, 0.4) is 0 Å². The first-order valence-corrected chi connectivity index (χ1v) is 6.61. The maximum Gasteiger partial charge on any atom is 0.339 e. The Morgan fingerprint density at radius 1 is 1.40 bits per heavy atom.